The number of nitrogens with one attached hydrogen (secondary N) is 1. The van der Waals surface area contributed by atoms with Crippen LogP contribution in [0.4, 0.5) is 13.2 Å². The number of halogens is 4. The molecule has 0 saturated carbocycles. The van der Waals surface area contributed by atoms with E-state index in [4.69, 9.17) is 11.6 Å². The zero-order valence-corrected chi connectivity index (χ0v) is 18.0. The minimum Gasteiger partial charge on any atom is -0.387 e. The molecule has 0 saturated heterocycles. The maximum Gasteiger partial charge on any atom is 0.401 e. The van der Waals surface area contributed by atoms with Crippen molar-refractivity contribution in [1.29, 1.82) is 0 Å². The van der Waals surface area contributed by atoms with Crippen molar-refractivity contribution in [3.05, 3.63) is 52.6 Å². The first-order chi connectivity index (χ1) is 12.6. The van der Waals surface area contributed by atoms with Crippen LogP contribution in [0.1, 0.15) is 47.1 Å². The summed E-state index contributed by atoms with van der Waals surface area (Å²) in [5.74, 6) is 0. The molecule has 0 radical (unpaired) electrons. The van der Waals surface area contributed by atoms with Gasteiger partial charge < -0.3 is 10.4 Å². The third-order valence-corrected chi connectivity index (χ3v) is 5.24. The van der Waals surface area contributed by atoms with Crippen LogP contribution in [-0.2, 0) is 0 Å². The van der Waals surface area contributed by atoms with Crippen LogP contribution in [0.25, 0.3) is 5.57 Å². The van der Waals surface area contributed by atoms with E-state index in [1.54, 1.807) is 51.1 Å². The summed E-state index contributed by atoms with van der Waals surface area (Å²) in [6.45, 7) is 10.6. The summed E-state index contributed by atoms with van der Waals surface area (Å²) >= 11 is 5.93. The number of allylic oxidation sites excluding steroid dienone is 2. The van der Waals surface area contributed by atoms with Gasteiger partial charge in [-0.05, 0) is 55.0 Å². The Labute approximate surface area is 170 Å². The summed E-state index contributed by atoms with van der Waals surface area (Å²) in [6, 6.07) is 6.51. The molecule has 1 aliphatic rings. The molecule has 1 aromatic carbocycles. The molecule has 2 unspecified atom stereocenters. The van der Waals surface area contributed by atoms with Gasteiger partial charge in [-0.15, -0.1) is 0 Å². The van der Waals surface area contributed by atoms with Gasteiger partial charge in [-0.2, -0.15) is 13.2 Å². The molecule has 1 aliphatic carbocycles. The van der Waals surface area contributed by atoms with E-state index in [1.807, 2.05) is 20.8 Å². The number of aliphatic hydroxyl groups is 1. The van der Waals surface area contributed by atoms with Gasteiger partial charge >= 0.3 is 6.18 Å². The average Bonchev–Trinajstić information content (AvgIpc) is 2.52. The van der Waals surface area contributed by atoms with Crippen molar-refractivity contribution in [2.24, 2.45) is 10.8 Å². The summed E-state index contributed by atoms with van der Waals surface area (Å²) in [5.41, 5.74) is -2.18. The fraction of sp³-hybridized carbons (Fsp3) is 0.545. The van der Waals surface area contributed by atoms with Crippen molar-refractivity contribution in [1.82, 2.24) is 5.32 Å². The summed E-state index contributed by atoms with van der Waals surface area (Å²) < 4.78 is 43.3. The van der Waals surface area contributed by atoms with Crippen LogP contribution in [0, 0.1) is 10.8 Å². The summed E-state index contributed by atoms with van der Waals surface area (Å²) in [7, 11) is 0. The van der Waals surface area contributed by atoms with Gasteiger partial charge in [0, 0.05) is 17.1 Å². The van der Waals surface area contributed by atoms with E-state index in [0.29, 0.717) is 16.2 Å². The number of rotatable bonds is 3. The van der Waals surface area contributed by atoms with Crippen molar-refractivity contribution in [2.75, 3.05) is 6.54 Å². The fourth-order valence-corrected chi connectivity index (χ4v) is 3.26. The molecular formula is C22H29ClF3NO. The number of hydrogen-bond acceptors (Lipinski definition) is 2. The lowest BCUT2D eigenvalue weighted by atomic mass is 9.67. The van der Waals surface area contributed by atoms with E-state index in [-0.39, 0.29) is 5.57 Å². The minimum absolute atomic E-state index is 0.247. The Morgan fingerprint density at radius 2 is 1.57 bits per heavy atom. The third-order valence-electron chi connectivity index (χ3n) is 4.99. The average molecular weight is 416 g/mol. The second-order valence-corrected chi connectivity index (χ2v) is 9.94. The monoisotopic (exact) mass is 415 g/mol. The molecule has 2 atom stereocenters. The number of alkyl halides is 3. The molecule has 2 nitrogen and oxygen atoms in total. The fourth-order valence-electron chi connectivity index (χ4n) is 3.13. The highest BCUT2D eigenvalue weighted by Crippen LogP contribution is 2.51. The molecule has 0 spiro atoms. The van der Waals surface area contributed by atoms with Crippen molar-refractivity contribution in [3.63, 3.8) is 0 Å². The molecule has 0 aromatic heterocycles. The standard InChI is InChI=1S/C22H29ClF3NO/c1-19(2,3)15-11-17(14-7-9-16(23)10-8-14)18(28)21(12-15,22(24,25)26)13-27-20(4,5)6/h7-12,18,27-28H,13H2,1-6H3. The van der Waals surface area contributed by atoms with Crippen molar-refractivity contribution >= 4 is 17.2 Å². The first-order valence-electron chi connectivity index (χ1n) is 9.27. The Bertz CT molecular complexity index is 767. The van der Waals surface area contributed by atoms with E-state index in [0.717, 1.165) is 0 Å². The van der Waals surface area contributed by atoms with E-state index in [9.17, 15) is 18.3 Å². The van der Waals surface area contributed by atoms with Gasteiger partial charge in [-0.3, -0.25) is 0 Å². The lowest BCUT2D eigenvalue weighted by Crippen LogP contribution is -2.57. The molecule has 2 N–H and O–H groups in total. The summed E-state index contributed by atoms with van der Waals surface area (Å²) in [5, 5.41) is 14.4. The van der Waals surface area contributed by atoms with Gasteiger partial charge in [-0.1, -0.05) is 56.7 Å². The Kier molecular flexibility index (Phi) is 6.16. The maximum atomic E-state index is 14.4. The van der Waals surface area contributed by atoms with Gasteiger partial charge in [0.1, 0.15) is 5.41 Å². The van der Waals surface area contributed by atoms with Crippen molar-refractivity contribution in [2.45, 2.75) is 59.4 Å². The van der Waals surface area contributed by atoms with Crippen LogP contribution in [0.2, 0.25) is 5.02 Å². The van der Waals surface area contributed by atoms with E-state index < -0.39 is 35.2 Å². The lowest BCUT2D eigenvalue weighted by Gasteiger charge is -2.44. The largest absolute Gasteiger partial charge is 0.401 e. The predicted octanol–water partition coefficient (Wildman–Crippen LogP) is 6.01. The van der Waals surface area contributed by atoms with Gasteiger partial charge in [-0.25, -0.2) is 0 Å². The molecule has 1 aromatic rings. The molecular weight excluding hydrogens is 387 g/mol. The topological polar surface area (TPSA) is 32.3 Å². The van der Waals surface area contributed by atoms with Gasteiger partial charge in [0.05, 0.1) is 6.10 Å². The zero-order valence-electron chi connectivity index (χ0n) is 17.2. The molecule has 2 rings (SSSR count). The van der Waals surface area contributed by atoms with Crippen LogP contribution < -0.4 is 5.32 Å². The Balaban J connectivity index is 2.68. The van der Waals surface area contributed by atoms with E-state index >= 15 is 0 Å². The van der Waals surface area contributed by atoms with E-state index in [1.165, 1.54) is 6.08 Å². The molecule has 156 valence electrons. The van der Waals surface area contributed by atoms with Crippen molar-refractivity contribution < 1.29 is 18.3 Å². The lowest BCUT2D eigenvalue weighted by molar-refractivity contribution is -0.226. The zero-order chi connectivity index (χ0) is 21.5. The number of aliphatic hydroxyl groups excluding tert-OH is 1. The van der Waals surface area contributed by atoms with Gasteiger partial charge in [0.25, 0.3) is 0 Å². The third kappa shape index (κ3) is 4.81. The van der Waals surface area contributed by atoms with E-state index in [2.05, 4.69) is 5.32 Å². The first kappa shape index (κ1) is 23.0. The van der Waals surface area contributed by atoms with Crippen molar-refractivity contribution in [3.8, 4) is 0 Å². The molecule has 0 amide bonds. The minimum atomic E-state index is -4.65. The predicted molar refractivity (Wildman–Crippen MR) is 109 cm³/mol. The second kappa shape index (κ2) is 7.51. The quantitative estimate of drug-likeness (QED) is 0.633. The molecule has 0 aliphatic heterocycles. The van der Waals surface area contributed by atoms with Crippen LogP contribution >= 0.6 is 11.6 Å². The number of hydrogen-bond donors (Lipinski definition) is 2. The normalized spacial score (nSPS) is 24.0. The SMILES string of the molecule is CC(C)(C)NCC1(C(F)(F)F)C=C(C(C)(C)C)C=C(c2ccc(Cl)cc2)C1O. The van der Waals surface area contributed by atoms with Crippen LogP contribution in [0.3, 0.4) is 0 Å². The number of benzene rings is 1. The van der Waals surface area contributed by atoms with Gasteiger partial charge in [0.15, 0.2) is 0 Å². The van der Waals surface area contributed by atoms with Crippen LogP contribution in [0.15, 0.2) is 42.0 Å². The summed E-state index contributed by atoms with van der Waals surface area (Å²) in [6.07, 6.45) is -3.51. The molecule has 0 heterocycles. The first-order valence-corrected chi connectivity index (χ1v) is 9.65. The summed E-state index contributed by atoms with van der Waals surface area (Å²) in [4.78, 5) is 0. The van der Waals surface area contributed by atoms with Gasteiger partial charge in [0.2, 0.25) is 0 Å². The highest BCUT2D eigenvalue weighted by molar-refractivity contribution is 6.30. The molecule has 6 heteroatoms. The molecule has 28 heavy (non-hydrogen) atoms. The Morgan fingerprint density at radius 1 is 1.04 bits per heavy atom. The molecule has 0 bridgehead atoms. The Morgan fingerprint density at radius 3 is 2.00 bits per heavy atom. The second-order valence-electron chi connectivity index (χ2n) is 9.50. The molecule has 0 fully saturated rings. The highest BCUT2D eigenvalue weighted by Gasteiger charge is 2.60. The maximum absolute atomic E-state index is 14.4. The smallest absolute Gasteiger partial charge is 0.387 e. The van der Waals surface area contributed by atoms with Crippen LogP contribution in [0.5, 0.6) is 0 Å². The highest BCUT2D eigenvalue weighted by atomic mass is 35.5. The Hall–Kier alpha value is -1.30. The van der Waals surface area contributed by atoms with Crippen LogP contribution in [-0.4, -0.2) is 29.5 Å².